The van der Waals surface area contributed by atoms with Crippen LogP contribution in [0.15, 0.2) is 30.3 Å². The van der Waals surface area contributed by atoms with E-state index in [2.05, 4.69) is 0 Å². The van der Waals surface area contributed by atoms with Gasteiger partial charge in [0.05, 0.1) is 13.1 Å². The van der Waals surface area contributed by atoms with E-state index in [1.165, 1.54) is 0 Å². The van der Waals surface area contributed by atoms with Crippen molar-refractivity contribution in [3.8, 4) is 0 Å². The summed E-state index contributed by atoms with van der Waals surface area (Å²) in [5, 5.41) is 0. The largest absolute Gasteiger partial charge is 0.369 e. The Hall–Kier alpha value is -1.68. The fraction of sp³-hybridized carbons (Fsp3) is 0.333. The average molecular weight is 220 g/mol. The van der Waals surface area contributed by atoms with Crippen molar-refractivity contribution in [1.82, 2.24) is 4.90 Å². The number of carbonyl (C=O) groups is 2. The zero-order valence-electron chi connectivity index (χ0n) is 9.35. The second-order valence-electron chi connectivity index (χ2n) is 3.56. The van der Waals surface area contributed by atoms with Crippen LogP contribution in [0.2, 0.25) is 0 Å². The van der Waals surface area contributed by atoms with Gasteiger partial charge in [-0.2, -0.15) is 0 Å². The lowest BCUT2D eigenvalue weighted by Gasteiger charge is -2.17. The molecule has 0 aromatic heterocycles. The number of amides is 1. The van der Waals surface area contributed by atoms with Crippen LogP contribution in [0.5, 0.6) is 0 Å². The Bertz CT molecular complexity index is 363. The Kier molecular flexibility index (Phi) is 4.66. The first-order valence-corrected chi connectivity index (χ1v) is 5.22. The van der Waals surface area contributed by atoms with Crippen LogP contribution in [0.4, 0.5) is 0 Å². The molecule has 0 heterocycles. The van der Waals surface area contributed by atoms with E-state index >= 15 is 0 Å². The molecule has 2 N–H and O–H groups in total. The predicted octanol–water partition coefficient (Wildman–Crippen LogP) is 0.676. The number of Topliss-reactive ketones (excluding diaryl/α,β-unsaturated/α-hetero) is 1. The second kappa shape index (κ2) is 6.02. The Labute approximate surface area is 95.0 Å². The molecule has 0 aliphatic heterocycles. The first kappa shape index (κ1) is 12.4. The SMILES string of the molecule is CCN(CC(N)=O)CC(=O)c1ccccc1. The van der Waals surface area contributed by atoms with Crippen LogP contribution < -0.4 is 5.73 Å². The zero-order valence-corrected chi connectivity index (χ0v) is 9.35. The number of nitrogens with two attached hydrogens (primary N) is 1. The highest BCUT2D eigenvalue weighted by atomic mass is 16.1. The summed E-state index contributed by atoms with van der Waals surface area (Å²) >= 11 is 0. The lowest BCUT2D eigenvalue weighted by atomic mass is 10.1. The quantitative estimate of drug-likeness (QED) is 0.717. The Morgan fingerprint density at radius 1 is 1.19 bits per heavy atom. The normalized spacial score (nSPS) is 10.4. The molecule has 0 atom stereocenters. The summed E-state index contributed by atoms with van der Waals surface area (Å²) in [5.41, 5.74) is 5.75. The Balaban J connectivity index is 2.59. The van der Waals surface area contributed by atoms with E-state index in [1.807, 2.05) is 25.1 Å². The molecule has 1 rings (SSSR count). The van der Waals surface area contributed by atoms with E-state index in [0.717, 1.165) is 0 Å². The first-order valence-electron chi connectivity index (χ1n) is 5.22. The molecule has 0 radical (unpaired) electrons. The highest BCUT2D eigenvalue weighted by molar-refractivity contribution is 5.97. The molecule has 1 aromatic rings. The minimum absolute atomic E-state index is 0.00343. The molecule has 0 saturated heterocycles. The van der Waals surface area contributed by atoms with Gasteiger partial charge in [-0.1, -0.05) is 37.3 Å². The number of hydrogen-bond donors (Lipinski definition) is 1. The molecular weight excluding hydrogens is 204 g/mol. The smallest absolute Gasteiger partial charge is 0.231 e. The third-order valence-corrected chi connectivity index (χ3v) is 2.29. The molecule has 4 heteroatoms. The van der Waals surface area contributed by atoms with Gasteiger partial charge in [0, 0.05) is 5.56 Å². The number of hydrogen-bond acceptors (Lipinski definition) is 3. The van der Waals surface area contributed by atoms with Gasteiger partial charge in [-0.25, -0.2) is 0 Å². The molecule has 0 unspecified atom stereocenters. The van der Waals surface area contributed by atoms with Gasteiger partial charge in [-0.15, -0.1) is 0 Å². The van der Waals surface area contributed by atoms with Crippen LogP contribution in [0, 0.1) is 0 Å². The molecule has 0 saturated carbocycles. The zero-order chi connectivity index (χ0) is 12.0. The Morgan fingerprint density at radius 2 is 1.81 bits per heavy atom. The van der Waals surface area contributed by atoms with Crippen molar-refractivity contribution in [2.24, 2.45) is 5.73 Å². The predicted molar refractivity (Wildman–Crippen MR) is 62.1 cm³/mol. The fourth-order valence-corrected chi connectivity index (χ4v) is 1.42. The van der Waals surface area contributed by atoms with Crippen molar-refractivity contribution >= 4 is 11.7 Å². The molecule has 86 valence electrons. The van der Waals surface area contributed by atoms with Crippen LogP contribution in [-0.2, 0) is 4.79 Å². The van der Waals surface area contributed by atoms with Crippen molar-refractivity contribution in [3.63, 3.8) is 0 Å². The van der Waals surface area contributed by atoms with E-state index in [4.69, 9.17) is 5.73 Å². The maximum absolute atomic E-state index is 11.8. The monoisotopic (exact) mass is 220 g/mol. The number of likely N-dealkylation sites (N-methyl/N-ethyl adjacent to an activating group) is 1. The first-order chi connectivity index (χ1) is 7.63. The minimum atomic E-state index is -0.414. The molecule has 0 aliphatic rings. The number of primary amides is 1. The highest BCUT2D eigenvalue weighted by Crippen LogP contribution is 2.01. The summed E-state index contributed by atoms with van der Waals surface area (Å²) in [4.78, 5) is 24.3. The highest BCUT2D eigenvalue weighted by Gasteiger charge is 2.12. The molecule has 4 nitrogen and oxygen atoms in total. The van der Waals surface area contributed by atoms with E-state index in [-0.39, 0.29) is 18.9 Å². The third kappa shape index (κ3) is 3.82. The number of ketones is 1. The van der Waals surface area contributed by atoms with E-state index in [1.54, 1.807) is 17.0 Å². The molecule has 0 aliphatic carbocycles. The van der Waals surface area contributed by atoms with Crippen molar-refractivity contribution in [2.45, 2.75) is 6.92 Å². The minimum Gasteiger partial charge on any atom is -0.369 e. The summed E-state index contributed by atoms with van der Waals surface area (Å²) in [7, 11) is 0. The molecule has 1 amide bonds. The van der Waals surface area contributed by atoms with Gasteiger partial charge < -0.3 is 5.73 Å². The van der Waals surface area contributed by atoms with Crippen molar-refractivity contribution < 1.29 is 9.59 Å². The molecule has 0 bridgehead atoms. The van der Waals surface area contributed by atoms with E-state index in [9.17, 15) is 9.59 Å². The molecule has 0 spiro atoms. The van der Waals surface area contributed by atoms with E-state index < -0.39 is 5.91 Å². The summed E-state index contributed by atoms with van der Waals surface area (Å²) < 4.78 is 0. The standard InChI is InChI=1S/C12H16N2O2/c1-2-14(9-12(13)16)8-11(15)10-6-4-3-5-7-10/h3-7H,2,8-9H2,1H3,(H2,13,16). The van der Waals surface area contributed by atoms with Crippen LogP contribution >= 0.6 is 0 Å². The van der Waals surface area contributed by atoms with Gasteiger partial charge in [-0.3, -0.25) is 14.5 Å². The summed E-state index contributed by atoms with van der Waals surface area (Å²) in [6.45, 7) is 2.86. The topological polar surface area (TPSA) is 63.4 Å². The van der Waals surface area contributed by atoms with Crippen molar-refractivity contribution in [2.75, 3.05) is 19.6 Å². The second-order valence-corrected chi connectivity index (χ2v) is 3.56. The number of rotatable bonds is 6. The van der Waals surface area contributed by atoms with Crippen LogP contribution in [-0.4, -0.2) is 36.2 Å². The lowest BCUT2D eigenvalue weighted by molar-refractivity contribution is -0.118. The van der Waals surface area contributed by atoms with Crippen LogP contribution in [0.25, 0.3) is 0 Å². The third-order valence-electron chi connectivity index (χ3n) is 2.29. The molecule has 1 aromatic carbocycles. The van der Waals surface area contributed by atoms with Gasteiger partial charge >= 0.3 is 0 Å². The van der Waals surface area contributed by atoms with Crippen molar-refractivity contribution in [3.05, 3.63) is 35.9 Å². The number of nitrogens with zero attached hydrogens (tertiary/aromatic N) is 1. The van der Waals surface area contributed by atoms with Crippen molar-refractivity contribution in [1.29, 1.82) is 0 Å². The van der Waals surface area contributed by atoms with Crippen LogP contribution in [0.3, 0.4) is 0 Å². The number of benzene rings is 1. The maximum atomic E-state index is 11.8. The fourth-order valence-electron chi connectivity index (χ4n) is 1.42. The van der Waals surface area contributed by atoms with Gasteiger partial charge in [0.2, 0.25) is 5.91 Å². The summed E-state index contributed by atoms with van der Waals surface area (Å²) in [5.74, 6) is -0.411. The van der Waals surface area contributed by atoms with Gasteiger partial charge in [0.25, 0.3) is 0 Å². The van der Waals surface area contributed by atoms with E-state index in [0.29, 0.717) is 12.1 Å². The van der Waals surface area contributed by atoms with Gasteiger partial charge in [0.1, 0.15) is 0 Å². The molecule has 16 heavy (non-hydrogen) atoms. The van der Waals surface area contributed by atoms with Crippen LogP contribution in [0.1, 0.15) is 17.3 Å². The average Bonchev–Trinajstić information content (AvgIpc) is 2.28. The molecular formula is C12H16N2O2. The lowest BCUT2D eigenvalue weighted by Crippen LogP contribution is -2.37. The molecule has 0 fully saturated rings. The van der Waals surface area contributed by atoms with Gasteiger partial charge in [-0.05, 0) is 6.54 Å². The maximum Gasteiger partial charge on any atom is 0.231 e. The van der Waals surface area contributed by atoms with Gasteiger partial charge in [0.15, 0.2) is 5.78 Å². The summed E-state index contributed by atoms with van der Waals surface area (Å²) in [6.07, 6.45) is 0. The summed E-state index contributed by atoms with van der Waals surface area (Å²) in [6, 6.07) is 9.02. The Morgan fingerprint density at radius 3 is 2.31 bits per heavy atom. The number of carbonyl (C=O) groups excluding carboxylic acids is 2.